The Morgan fingerprint density at radius 2 is 0.312 bits per heavy atom. The van der Waals surface area contributed by atoms with E-state index in [1.807, 2.05) is 0 Å². The topological polar surface area (TPSA) is 194 Å². The van der Waals surface area contributed by atoms with Crippen molar-refractivity contribution in [2.75, 3.05) is 52.9 Å². The molecule has 0 aromatic heterocycles. The summed E-state index contributed by atoms with van der Waals surface area (Å²) in [6, 6.07) is 0. The summed E-state index contributed by atoms with van der Waals surface area (Å²) < 4.78 is 84.2. The summed E-state index contributed by atoms with van der Waals surface area (Å²) in [5, 5.41) is 17.5. The Hall–Kier alpha value is 4.11. The fraction of sp³-hybridized carbons (Fsp3) is 1.00. The van der Waals surface area contributed by atoms with E-state index in [0.717, 1.165) is 73.2 Å². The van der Waals surface area contributed by atoms with Gasteiger partial charge in [-0.15, -0.1) is 0 Å². The Balaban J connectivity index is -0.000000108. The fourth-order valence-corrected chi connectivity index (χ4v) is 118. The number of rotatable bonds is 92. The monoisotopic (exact) mass is 2640 g/mol. The summed E-state index contributed by atoms with van der Waals surface area (Å²) >= 11 is -18.2. The molecule has 856 valence electrons. The molecule has 138 heavy (non-hydrogen) atoms. The Morgan fingerprint density at radius 1 is 0.188 bits per heavy atom. The molecule has 0 aliphatic heterocycles. The number of hydrogen-bond acceptors (Lipinski definition) is 11. The first-order valence-corrected chi connectivity index (χ1v) is 95.5. The molecule has 0 spiro atoms. The maximum absolute atomic E-state index is 11.2. The molecule has 0 aromatic carbocycles. The smallest absolute Gasteiger partial charge is 0.412 e. The van der Waals surface area contributed by atoms with Crippen LogP contribution < -0.4 is 0 Å². The van der Waals surface area contributed by atoms with Crippen molar-refractivity contribution in [2.24, 2.45) is 47.3 Å². The van der Waals surface area contributed by atoms with E-state index in [9.17, 15) is 3.08 Å². The molecule has 0 aromatic rings. The average molecular weight is 2630 g/mol. The van der Waals surface area contributed by atoms with Crippen LogP contribution in [0.4, 0.5) is 0 Å². The van der Waals surface area contributed by atoms with E-state index in [2.05, 4.69) is 194 Å². The molecule has 0 bridgehead atoms. The van der Waals surface area contributed by atoms with E-state index in [4.69, 9.17) is 31.5 Å². The predicted octanol–water partition coefficient (Wildman–Crippen LogP) is 41.8. The number of hydrogen-bond donors (Lipinski definition) is 2. The zero-order valence-electron chi connectivity index (χ0n) is 94.9. The SMILES string of the molecule is C.C.C.C.C.C.C.CCCCC(CC)CO.CCCCC(CC)CO.CCCCC(CC)C[O][Sn]([CH2]CCC)([CH2]CCC)[O]CC(CC)CCCC.CCCCC(CC)C[O][Sn]([CH2]CCC)([CH2]CCC)[O][Sn]([CH2]CCC)([CH2]CCC)[O]CC(CC)CCCC.CCCCC(CC)C[O][Sn]([CH2]CCC)([CH2]CCC)[O][Sn]([CH2]CCC)([CH2]CCC)[O]CC(CC)CCCC.CCC[CH2][Sn](=[O])[CH2]CCC.O.O. The molecule has 0 aliphatic carbocycles. The molecule has 0 radical (unpaired) electrons. The number of aliphatic hydroxyl groups excluding tert-OH is 2. The van der Waals surface area contributed by atoms with Crippen LogP contribution in [0, 0.1) is 47.3 Å². The molecule has 0 saturated carbocycles. The van der Waals surface area contributed by atoms with Gasteiger partial charge >= 0.3 is 743 Å². The molecule has 0 fully saturated rings. The van der Waals surface area contributed by atoms with Crippen LogP contribution in [0.3, 0.4) is 0 Å². The molecule has 0 amide bonds. The van der Waals surface area contributed by atoms with Crippen molar-refractivity contribution < 1.29 is 45.5 Å². The second kappa shape index (κ2) is 132. The van der Waals surface area contributed by atoms with Crippen molar-refractivity contribution in [1.29, 1.82) is 0 Å². The van der Waals surface area contributed by atoms with Crippen molar-refractivity contribution in [3.63, 3.8) is 0 Å². The molecule has 0 heterocycles. The van der Waals surface area contributed by atoms with Gasteiger partial charge in [0.15, 0.2) is 0 Å². The van der Waals surface area contributed by atoms with Crippen LogP contribution in [0.5, 0.6) is 0 Å². The van der Waals surface area contributed by atoms with Crippen molar-refractivity contribution in [3.05, 3.63) is 0 Å². The molecule has 19 heteroatoms. The van der Waals surface area contributed by atoms with Crippen molar-refractivity contribution >= 4 is 116 Å². The van der Waals surface area contributed by atoms with Gasteiger partial charge < -0.3 is 21.2 Å². The standard InChI is InChI=1S/2C8H18O.6C8H17O.12C4H9.7CH4.2H2O.3O.6Sn/c8*1-3-5-6-8(4-2)7-9;12*1-3-4-2;;;;;;;;;;;;;;;;;;/h2*8-9H,3-7H2,1-2H3;6*8H,3-7H2,1-2H3;12*1,3-4H2,2H3;7*1H4;2*1H2;;;;;;;;;/q;;6*-1;;;;;;;;;;;;;;;;;;;;;;;;;;4*+1;+2. The minimum atomic E-state index is -3.30. The third-order valence-corrected chi connectivity index (χ3v) is 109. The van der Waals surface area contributed by atoms with E-state index in [1.165, 1.54) is 391 Å². The molecule has 0 saturated heterocycles. The summed E-state index contributed by atoms with van der Waals surface area (Å²) in [4.78, 5) is 0. The Kier molecular flexibility index (Phi) is 167. The molecule has 0 rings (SSSR count). The summed E-state index contributed by atoms with van der Waals surface area (Å²) in [6.45, 7) is 70.7. The summed E-state index contributed by atoms with van der Waals surface area (Å²) in [5.74, 6) is 5.35. The van der Waals surface area contributed by atoms with E-state index < -0.39 is 116 Å². The normalized spacial score (nSPS) is 13.0. The average Bonchev–Trinajstić information content (AvgIpc) is 0.808. The minimum absolute atomic E-state index is 0. The number of unbranched alkanes of at least 4 members (excludes halogenated alkanes) is 20. The van der Waals surface area contributed by atoms with E-state index in [1.54, 1.807) is 0 Å². The van der Waals surface area contributed by atoms with Crippen LogP contribution in [0.25, 0.3) is 0 Å². The van der Waals surface area contributed by atoms with Crippen LogP contribution in [-0.2, 0) is 24.3 Å². The first-order chi connectivity index (χ1) is 62.5. The quantitative estimate of drug-likeness (QED) is 0.0550. The van der Waals surface area contributed by atoms with Crippen LogP contribution in [0.2, 0.25) is 53.2 Å². The van der Waals surface area contributed by atoms with Gasteiger partial charge in [0.25, 0.3) is 0 Å². The third-order valence-electron chi connectivity index (χ3n) is 27.8. The molecule has 13 nitrogen and oxygen atoms in total. The zero-order valence-corrected chi connectivity index (χ0v) is 112. The second-order valence-corrected chi connectivity index (χ2v) is 100. The van der Waals surface area contributed by atoms with Gasteiger partial charge in [-0.1, -0.05) is 118 Å². The minimum Gasteiger partial charge on any atom is -0.412 e. The van der Waals surface area contributed by atoms with Gasteiger partial charge in [-0.2, -0.15) is 0 Å². The zero-order chi connectivity index (χ0) is 98.1. The van der Waals surface area contributed by atoms with E-state index >= 15 is 0 Å². The van der Waals surface area contributed by atoms with Gasteiger partial charge in [-0.3, -0.25) is 0 Å². The molecule has 0 aliphatic rings. The van der Waals surface area contributed by atoms with Crippen molar-refractivity contribution in [3.8, 4) is 0 Å². The van der Waals surface area contributed by atoms with Crippen molar-refractivity contribution in [2.45, 2.75) is 659 Å². The van der Waals surface area contributed by atoms with Crippen LogP contribution in [0.1, 0.15) is 605 Å². The van der Waals surface area contributed by atoms with Crippen LogP contribution >= 0.6 is 0 Å². The van der Waals surface area contributed by atoms with Gasteiger partial charge in [-0.25, -0.2) is 0 Å². The predicted molar refractivity (Wildman–Crippen MR) is 645 cm³/mol. The first kappa shape index (κ1) is 175. The largest absolute Gasteiger partial charge is 0.412 e. The van der Waals surface area contributed by atoms with Crippen LogP contribution in [-0.4, -0.2) is 190 Å². The third kappa shape index (κ3) is 103. The van der Waals surface area contributed by atoms with Gasteiger partial charge in [0, 0.05) is 13.2 Å². The fourth-order valence-electron chi connectivity index (χ4n) is 16.9. The van der Waals surface area contributed by atoms with E-state index in [0.29, 0.717) is 48.7 Å². The molecular weight excluding hydrogens is 2350 g/mol. The van der Waals surface area contributed by atoms with Gasteiger partial charge in [-0.05, 0) is 24.7 Å². The Labute approximate surface area is 910 Å². The van der Waals surface area contributed by atoms with Gasteiger partial charge in [0.1, 0.15) is 0 Å². The molecule has 8 atom stereocenters. The number of aliphatic hydroxyl groups is 2. The second-order valence-electron chi connectivity index (χ2n) is 40.1. The van der Waals surface area contributed by atoms with Crippen LogP contribution in [0.15, 0.2) is 0 Å². The first-order valence-electron chi connectivity index (χ1n) is 58.4. The van der Waals surface area contributed by atoms with E-state index in [-0.39, 0.29) is 62.9 Å². The maximum Gasteiger partial charge on any atom is -0.412 e. The summed E-state index contributed by atoms with van der Waals surface area (Å²) in [5.41, 5.74) is 0. The van der Waals surface area contributed by atoms with Crippen molar-refractivity contribution in [1.82, 2.24) is 0 Å². The molecular formula is C119H278O13Sn6. The Bertz CT molecular complexity index is 1880. The summed E-state index contributed by atoms with van der Waals surface area (Å²) in [7, 11) is 0. The maximum atomic E-state index is 11.2. The molecule has 6 N–H and O–H groups in total. The molecule has 8 unspecified atom stereocenters. The summed E-state index contributed by atoms with van der Waals surface area (Å²) in [6.07, 6.45) is 70.6. The Morgan fingerprint density at radius 3 is 0.435 bits per heavy atom. The van der Waals surface area contributed by atoms with Gasteiger partial charge in [0.2, 0.25) is 0 Å². The van der Waals surface area contributed by atoms with Gasteiger partial charge in [0.05, 0.1) is 0 Å².